The summed E-state index contributed by atoms with van der Waals surface area (Å²) >= 11 is 5.88. The molecule has 1 aliphatic rings. The zero-order valence-electron chi connectivity index (χ0n) is 11.7. The first-order valence-electron chi connectivity index (χ1n) is 7.17. The van der Waals surface area contributed by atoms with Crippen molar-refractivity contribution >= 4 is 17.3 Å². The van der Waals surface area contributed by atoms with Crippen LogP contribution < -0.4 is 10.2 Å². The van der Waals surface area contributed by atoms with E-state index in [1.54, 1.807) is 12.1 Å². The van der Waals surface area contributed by atoms with Crippen LogP contribution in [0.4, 0.5) is 10.1 Å². The first-order chi connectivity index (χ1) is 10.2. The zero-order valence-corrected chi connectivity index (χ0v) is 12.5. The Morgan fingerprint density at radius 1 is 1.14 bits per heavy atom. The van der Waals surface area contributed by atoms with E-state index in [4.69, 9.17) is 11.6 Å². The summed E-state index contributed by atoms with van der Waals surface area (Å²) in [6.45, 7) is 3.85. The van der Waals surface area contributed by atoms with Gasteiger partial charge in [0.15, 0.2) is 0 Å². The van der Waals surface area contributed by atoms with Crippen molar-refractivity contribution in [3.8, 4) is 0 Å². The number of benzene rings is 2. The average molecular weight is 305 g/mol. The fourth-order valence-electron chi connectivity index (χ4n) is 2.55. The lowest BCUT2D eigenvalue weighted by atomic mass is 10.0. The molecule has 1 aliphatic heterocycles. The van der Waals surface area contributed by atoms with E-state index < -0.39 is 0 Å². The van der Waals surface area contributed by atoms with Crippen molar-refractivity contribution in [2.75, 3.05) is 24.5 Å². The van der Waals surface area contributed by atoms with Gasteiger partial charge >= 0.3 is 0 Å². The maximum Gasteiger partial charge on any atom is 0.141 e. The van der Waals surface area contributed by atoms with E-state index in [9.17, 15) is 4.39 Å². The quantitative estimate of drug-likeness (QED) is 0.906. The number of hydrogen-bond donors (Lipinski definition) is 1. The van der Waals surface area contributed by atoms with Gasteiger partial charge in [0.25, 0.3) is 0 Å². The lowest BCUT2D eigenvalue weighted by molar-refractivity contribution is 0.348. The Morgan fingerprint density at radius 2 is 1.90 bits per heavy atom. The second-order valence-electron chi connectivity index (χ2n) is 5.49. The van der Waals surface area contributed by atoms with E-state index in [-0.39, 0.29) is 10.8 Å². The van der Waals surface area contributed by atoms with Crippen molar-refractivity contribution in [3.05, 3.63) is 64.9 Å². The normalized spacial score (nSPS) is 14.8. The smallest absolute Gasteiger partial charge is 0.141 e. The molecular weight excluding hydrogens is 287 g/mol. The van der Waals surface area contributed by atoms with E-state index in [2.05, 4.69) is 22.3 Å². The van der Waals surface area contributed by atoms with Crippen LogP contribution in [-0.2, 0) is 6.54 Å². The van der Waals surface area contributed by atoms with Crippen LogP contribution in [0.1, 0.15) is 5.56 Å². The molecule has 0 bridgehead atoms. The van der Waals surface area contributed by atoms with Crippen LogP contribution in [0.2, 0.25) is 5.02 Å². The van der Waals surface area contributed by atoms with E-state index >= 15 is 0 Å². The molecule has 0 atom stereocenters. The second kappa shape index (κ2) is 6.46. The van der Waals surface area contributed by atoms with Crippen molar-refractivity contribution in [1.82, 2.24) is 5.32 Å². The molecule has 4 heteroatoms. The third-order valence-electron chi connectivity index (χ3n) is 3.82. The molecule has 0 radical (unpaired) electrons. The lowest BCUT2D eigenvalue weighted by Crippen LogP contribution is -2.48. The third kappa shape index (κ3) is 3.55. The van der Waals surface area contributed by atoms with Gasteiger partial charge < -0.3 is 10.2 Å². The summed E-state index contributed by atoms with van der Waals surface area (Å²) in [5.41, 5.74) is 2.21. The minimum absolute atomic E-state index is 0.186. The van der Waals surface area contributed by atoms with Crippen LogP contribution in [-0.4, -0.2) is 19.6 Å². The van der Waals surface area contributed by atoms with Crippen LogP contribution in [0.25, 0.3) is 0 Å². The predicted octanol–water partition coefficient (Wildman–Crippen LogP) is 3.71. The first kappa shape index (κ1) is 14.4. The number of rotatable bonds is 5. The zero-order chi connectivity index (χ0) is 14.7. The molecule has 0 aliphatic carbocycles. The van der Waals surface area contributed by atoms with Gasteiger partial charge in [-0.2, -0.15) is 0 Å². The number of hydrogen-bond acceptors (Lipinski definition) is 2. The molecule has 1 saturated heterocycles. The maximum absolute atomic E-state index is 13.3. The molecular formula is C17H18ClFN2. The Hall–Kier alpha value is -1.58. The Balaban J connectivity index is 1.79. The Morgan fingerprint density at radius 3 is 2.52 bits per heavy atom. The molecule has 2 aromatic carbocycles. The number of halogens is 2. The molecule has 0 unspecified atom stereocenters. The topological polar surface area (TPSA) is 15.3 Å². The van der Waals surface area contributed by atoms with Gasteiger partial charge in [0, 0.05) is 37.8 Å². The van der Waals surface area contributed by atoms with E-state index in [0.717, 1.165) is 31.7 Å². The molecule has 1 fully saturated rings. The van der Waals surface area contributed by atoms with Gasteiger partial charge in [-0.3, -0.25) is 0 Å². The summed E-state index contributed by atoms with van der Waals surface area (Å²) in [6, 6.07) is 15.3. The molecule has 0 amide bonds. The molecule has 0 aromatic heterocycles. The number of para-hydroxylation sites is 1. The van der Waals surface area contributed by atoms with Gasteiger partial charge in [-0.15, -0.1) is 0 Å². The van der Waals surface area contributed by atoms with Gasteiger partial charge in [0.2, 0.25) is 0 Å². The molecule has 0 saturated carbocycles. The number of nitrogens with one attached hydrogen (secondary N) is 1. The van der Waals surface area contributed by atoms with Crippen molar-refractivity contribution in [3.63, 3.8) is 0 Å². The van der Waals surface area contributed by atoms with Crippen LogP contribution >= 0.6 is 11.6 Å². The summed E-state index contributed by atoms with van der Waals surface area (Å²) in [6.07, 6.45) is 0. The molecule has 1 heterocycles. The predicted molar refractivity (Wildman–Crippen MR) is 85.3 cm³/mol. The molecule has 2 nitrogen and oxygen atoms in total. The summed E-state index contributed by atoms with van der Waals surface area (Å²) in [5, 5.41) is 3.49. The molecule has 110 valence electrons. The van der Waals surface area contributed by atoms with Gasteiger partial charge in [0.1, 0.15) is 5.82 Å². The van der Waals surface area contributed by atoms with Crippen LogP contribution in [0.5, 0.6) is 0 Å². The van der Waals surface area contributed by atoms with E-state index in [0.29, 0.717) is 5.92 Å². The summed E-state index contributed by atoms with van der Waals surface area (Å²) in [4.78, 5) is 2.33. The highest BCUT2D eigenvalue weighted by Crippen LogP contribution is 2.22. The average Bonchev–Trinajstić information content (AvgIpc) is 2.46. The van der Waals surface area contributed by atoms with Gasteiger partial charge in [-0.05, 0) is 29.8 Å². The Kier molecular flexibility index (Phi) is 4.42. The Bertz CT molecular complexity index is 599. The summed E-state index contributed by atoms with van der Waals surface area (Å²) in [5.74, 6) is 0.302. The monoisotopic (exact) mass is 304 g/mol. The summed E-state index contributed by atoms with van der Waals surface area (Å²) < 4.78 is 13.3. The fraction of sp³-hybridized carbons (Fsp3) is 0.294. The van der Waals surface area contributed by atoms with Gasteiger partial charge in [0.05, 0.1) is 5.02 Å². The highest BCUT2D eigenvalue weighted by molar-refractivity contribution is 6.30. The standard InChI is InChI=1S/C17H18ClFN2/c18-16-8-13(6-7-17(16)19)11-21(12-14-9-20-10-14)15-4-2-1-3-5-15/h1-8,14,20H,9-12H2. The molecule has 0 spiro atoms. The first-order valence-corrected chi connectivity index (χ1v) is 7.55. The van der Waals surface area contributed by atoms with E-state index in [1.165, 1.54) is 11.8 Å². The second-order valence-corrected chi connectivity index (χ2v) is 5.90. The van der Waals surface area contributed by atoms with Crippen LogP contribution in [0.3, 0.4) is 0 Å². The molecule has 2 aromatic rings. The maximum atomic E-state index is 13.3. The SMILES string of the molecule is Fc1ccc(CN(CC2CNC2)c2ccccc2)cc1Cl. The number of nitrogens with zero attached hydrogens (tertiary/aromatic N) is 1. The van der Waals surface area contributed by atoms with Crippen molar-refractivity contribution < 1.29 is 4.39 Å². The minimum Gasteiger partial charge on any atom is -0.367 e. The lowest BCUT2D eigenvalue weighted by Gasteiger charge is -2.34. The van der Waals surface area contributed by atoms with Gasteiger partial charge in [-0.25, -0.2) is 4.39 Å². The van der Waals surface area contributed by atoms with Gasteiger partial charge in [-0.1, -0.05) is 35.9 Å². The van der Waals surface area contributed by atoms with Crippen molar-refractivity contribution in [2.24, 2.45) is 5.92 Å². The van der Waals surface area contributed by atoms with Crippen molar-refractivity contribution in [2.45, 2.75) is 6.54 Å². The largest absolute Gasteiger partial charge is 0.367 e. The van der Waals surface area contributed by atoms with Crippen LogP contribution in [0, 0.1) is 11.7 Å². The van der Waals surface area contributed by atoms with E-state index in [1.807, 2.05) is 18.2 Å². The Labute approximate surface area is 129 Å². The fourth-order valence-corrected chi connectivity index (χ4v) is 2.75. The highest BCUT2D eigenvalue weighted by Gasteiger charge is 2.20. The summed E-state index contributed by atoms with van der Waals surface area (Å²) in [7, 11) is 0. The minimum atomic E-state index is -0.366. The molecule has 3 rings (SSSR count). The molecule has 1 N–H and O–H groups in total. The van der Waals surface area contributed by atoms with Crippen molar-refractivity contribution in [1.29, 1.82) is 0 Å². The van der Waals surface area contributed by atoms with Crippen LogP contribution in [0.15, 0.2) is 48.5 Å². The highest BCUT2D eigenvalue weighted by atomic mass is 35.5. The molecule has 21 heavy (non-hydrogen) atoms. The number of anilines is 1. The third-order valence-corrected chi connectivity index (χ3v) is 4.11.